The van der Waals surface area contributed by atoms with Gasteiger partial charge in [0.15, 0.2) is 0 Å². The van der Waals surface area contributed by atoms with Crippen molar-refractivity contribution >= 4 is 17.2 Å². The third-order valence-corrected chi connectivity index (χ3v) is 2.30. The minimum Gasteiger partial charge on any atom is -0.497 e. The van der Waals surface area contributed by atoms with E-state index < -0.39 is 0 Å². The molecular formula is C12H15ClO. The van der Waals surface area contributed by atoms with E-state index in [9.17, 15) is 0 Å². The molecule has 0 atom stereocenters. The van der Waals surface area contributed by atoms with Crippen LogP contribution in [0.2, 0.25) is 0 Å². The highest BCUT2D eigenvalue weighted by atomic mass is 35.5. The highest BCUT2D eigenvalue weighted by molar-refractivity contribution is 6.17. The number of halogens is 1. The Hall–Kier alpha value is -0.950. The van der Waals surface area contributed by atoms with Crippen molar-refractivity contribution in [2.24, 2.45) is 0 Å². The molecule has 0 heterocycles. The van der Waals surface area contributed by atoms with Crippen LogP contribution in [0.4, 0.5) is 0 Å². The summed E-state index contributed by atoms with van der Waals surface area (Å²) in [5.41, 5.74) is 2.43. The Morgan fingerprint density at radius 3 is 2.93 bits per heavy atom. The zero-order valence-corrected chi connectivity index (χ0v) is 9.34. The predicted molar refractivity (Wildman–Crippen MR) is 62.0 cm³/mol. The second kappa shape index (κ2) is 5.71. The lowest BCUT2D eigenvalue weighted by Crippen LogP contribution is -1.85. The van der Waals surface area contributed by atoms with Gasteiger partial charge in [-0.05, 0) is 36.6 Å². The summed E-state index contributed by atoms with van der Waals surface area (Å²) in [4.78, 5) is 0. The van der Waals surface area contributed by atoms with Crippen LogP contribution < -0.4 is 4.74 Å². The molecule has 0 N–H and O–H groups in total. The van der Waals surface area contributed by atoms with Crippen molar-refractivity contribution in [1.82, 2.24) is 0 Å². The largest absolute Gasteiger partial charge is 0.497 e. The summed E-state index contributed by atoms with van der Waals surface area (Å²) in [5.74, 6) is 1.56. The fourth-order valence-electron chi connectivity index (χ4n) is 1.26. The molecule has 14 heavy (non-hydrogen) atoms. The predicted octanol–water partition coefficient (Wildman–Crippen LogP) is 3.73. The maximum Gasteiger partial charge on any atom is 0.119 e. The van der Waals surface area contributed by atoms with Gasteiger partial charge in [-0.3, -0.25) is 0 Å². The number of ether oxygens (including phenoxy) is 1. The van der Waals surface area contributed by atoms with Crippen LogP contribution in [0.3, 0.4) is 0 Å². The molecule has 76 valence electrons. The summed E-state index contributed by atoms with van der Waals surface area (Å²) in [5, 5.41) is 0. The SMILES string of the molecule is COc1cccc(C(C)=CCCCl)c1. The topological polar surface area (TPSA) is 9.23 Å². The van der Waals surface area contributed by atoms with Crippen molar-refractivity contribution in [3.63, 3.8) is 0 Å². The van der Waals surface area contributed by atoms with Crippen LogP contribution >= 0.6 is 11.6 Å². The fraction of sp³-hybridized carbons (Fsp3) is 0.333. The molecule has 1 rings (SSSR count). The third kappa shape index (κ3) is 3.08. The van der Waals surface area contributed by atoms with Gasteiger partial charge < -0.3 is 4.74 Å². The molecule has 1 nitrogen and oxygen atoms in total. The van der Waals surface area contributed by atoms with Crippen LogP contribution in [0.15, 0.2) is 30.3 Å². The lowest BCUT2D eigenvalue weighted by atomic mass is 10.1. The highest BCUT2D eigenvalue weighted by Crippen LogP contribution is 2.19. The van der Waals surface area contributed by atoms with E-state index in [1.165, 1.54) is 11.1 Å². The van der Waals surface area contributed by atoms with Crippen molar-refractivity contribution in [3.05, 3.63) is 35.9 Å². The summed E-state index contributed by atoms with van der Waals surface area (Å²) >= 11 is 5.62. The smallest absolute Gasteiger partial charge is 0.119 e. The van der Waals surface area contributed by atoms with Crippen molar-refractivity contribution < 1.29 is 4.74 Å². The molecule has 0 saturated carbocycles. The maximum absolute atomic E-state index is 5.62. The lowest BCUT2D eigenvalue weighted by Gasteiger charge is -2.04. The Labute approximate surface area is 90.3 Å². The molecule has 0 aromatic heterocycles. The van der Waals surface area contributed by atoms with Crippen molar-refractivity contribution in [2.75, 3.05) is 13.0 Å². The van der Waals surface area contributed by atoms with E-state index in [1.807, 2.05) is 18.2 Å². The monoisotopic (exact) mass is 210 g/mol. The Bertz CT molecular complexity index is 318. The van der Waals surface area contributed by atoms with E-state index in [1.54, 1.807) is 7.11 Å². The molecule has 0 aliphatic rings. The summed E-state index contributed by atoms with van der Waals surface area (Å²) in [6.45, 7) is 2.08. The summed E-state index contributed by atoms with van der Waals surface area (Å²) < 4.78 is 5.16. The maximum atomic E-state index is 5.62. The number of methoxy groups -OCH3 is 1. The summed E-state index contributed by atoms with van der Waals surface area (Å²) in [7, 11) is 1.68. The van der Waals surface area contributed by atoms with Crippen molar-refractivity contribution in [2.45, 2.75) is 13.3 Å². The number of benzene rings is 1. The Balaban J connectivity index is 2.84. The first-order chi connectivity index (χ1) is 6.77. The number of allylic oxidation sites excluding steroid dienone is 2. The molecule has 0 amide bonds. The van der Waals surface area contributed by atoms with Gasteiger partial charge in [0.05, 0.1) is 7.11 Å². The van der Waals surface area contributed by atoms with Gasteiger partial charge >= 0.3 is 0 Å². The molecule has 0 spiro atoms. The second-order valence-corrected chi connectivity index (χ2v) is 3.47. The van der Waals surface area contributed by atoms with E-state index in [-0.39, 0.29) is 0 Å². The fourth-order valence-corrected chi connectivity index (χ4v) is 1.37. The molecular weight excluding hydrogens is 196 g/mol. The first-order valence-corrected chi connectivity index (χ1v) is 5.18. The molecule has 1 aromatic rings. The van der Waals surface area contributed by atoms with Gasteiger partial charge in [0.1, 0.15) is 5.75 Å². The average Bonchev–Trinajstić information content (AvgIpc) is 2.26. The summed E-state index contributed by atoms with van der Waals surface area (Å²) in [6, 6.07) is 8.03. The Kier molecular flexibility index (Phi) is 4.54. The first-order valence-electron chi connectivity index (χ1n) is 4.65. The minimum absolute atomic E-state index is 0.668. The van der Waals surface area contributed by atoms with Crippen LogP contribution in [-0.2, 0) is 0 Å². The molecule has 0 aliphatic carbocycles. The minimum atomic E-state index is 0.668. The molecule has 0 unspecified atom stereocenters. The van der Waals surface area contributed by atoms with Gasteiger partial charge in [0.2, 0.25) is 0 Å². The number of hydrogen-bond donors (Lipinski definition) is 0. The standard InChI is InChI=1S/C12H15ClO/c1-10(5-4-8-13)11-6-3-7-12(9-11)14-2/h3,5-7,9H,4,8H2,1-2H3. The van der Waals surface area contributed by atoms with Crippen molar-refractivity contribution in [3.8, 4) is 5.75 Å². The van der Waals surface area contributed by atoms with Gasteiger partial charge in [-0.1, -0.05) is 18.2 Å². The van der Waals surface area contributed by atoms with E-state index in [0.29, 0.717) is 5.88 Å². The van der Waals surface area contributed by atoms with Crippen LogP contribution in [-0.4, -0.2) is 13.0 Å². The quantitative estimate of drug-likeness (QED) is 0.689. The van der Waals surface area contributed by atoms with Crippen molar-refractivity contribution in [1.29, 1.82) is 0 Å². The van der Waals surface area contributed by atoms with Gasteiger partial charge in [-0.15, -0.1) is 11.6 Å². The van der Waals surface area contributed by atoms with E-state index >= 15 is 0 Å². The first kappa shape index (κ1) is 11.1. The highest BCUT2D eigenvalue weighted by Gasteiger charge is 1.96. The average molecular weight is 211 g/mol. The number of hydrogen-bond acceptors (Lipinski definition) is 1. The third-order valence-electron chi connectivity index (χ3n) is 2.08. The molecule has 0 aliphatic heterocycles. The van der Waals surface area contributed by atoms with Crippen LogP contribution in [0.5, 0.6) is 5.75 Å². The molecule has 0 saturated heterocycles. The molecule has 0 fully saturated rings. The second-order valence-electron chi connectivity index (χ2n) is 3.10. The molecule has 1 aromatic carbocycles. The lowest BCUT2D eigenvalue weighted by molar-refractivity contribution is 0.414. The number of rotatable bonds is 4. The zero-order valence-electron chi connectivity index (χ0n) is 8.59. The zero-order chi connectivity index (χ0) is 10.4. The van der Waals surface area contributed by atoms with Gasteiger partial charge in [0, 0.05) is 5.88 Å². The molecule has 2 heteroatoms. The van der Waals surface area contributed by atoms with Crippen LogP contribution in [0.25, 0.3) is 5.57 Å². The molecule has 0 radical (unpaired) electrons. The Morgan fingerprint density at radius 1 is 1.50 bits per heavy atom. The van der Waals surface area contributed by atoms with Gasteiger partial charge in [0.25, 0.3) is 0 Å². The Morgan fingerprint density at radius 2 is 2.29 bits per heavy atom. The van der Waals surface area contributed by atoms with E-state index in [0.717, 1.165) is 12.2 Å². The number of alkyl halides is 1. The van der Waals surface area contributed by atoms with Gasteiger partial charge in [-0.25, -0.2) is 0 Å². The van der Waals surface area contributed by atoms with Gasteiger partial charge in [-0.2, -0.15) is 0 Å². The van der Waals surface area contributed by atoms with Crippen LogP contribution in [0.1, 0.15) is 18.9 Å². The van der Waals surface area contributed by atoms with Crippen LogP contribution in [0, 0.1) is 0 Å². The summed E-state index contributed by atoms with van der Waals surface area (Å²) in [6.07, 6.45) is 3.05. The molecule has 0 bridgehead atoms. The normalized spacial score (nSPS) is 11.5. The van der Waals surface area contributed by atoms with E-state index in [2.05, 4.69) is 19.1 Å². The van der Waals surface area contributed by atoms with E-state index in [4.69, 9.17) is 16.3 Å².